The minimum atomic E-state index is 0.286. The van der Waals surface area contributed by atoms with Crippen LogP contribution in [0.2, 0.25) is 5.02 Å². The number of ether oxygens (including phenoxy) is 2. The Morgan fingerprint density at radius 3 is 2.53 bits per heavy atom. The minimum Gasteiger partial charge on any atom is -0.454 e. The predicted octanol–water partition coefficient (Wildman–Crippen LogP) is 3.92. The van der Waals surface area contributed by atoms with Gasteiger partial charge in [0.2, 0.25) is 24.3 Å². The van der Waals surface area contributed by atoms with Crippen LogP contribution in [0.25, 0.3) is 11.5 Å². The molecule has 0 saturated carbocycles. The normalized spacial score (nSPS) is 15.9. The molecule has 30 heavy (non-hydrogen) atoms. The number of hydrogen-bond acceptors (Lipinski definition) is 7. The second-order valence-corrected chi connectivity index (χ2v) is 7.68. The number of rotatable bonds is 4. The summed E-state index contributed by atoms with van der Waals surface area (Å²) in [4.78, 5) is 8.83. The van der Waals surface area contributed by atoms with Gasteiger partial charge in [-0.15, -0.1) is 0 Å². The average molecular weight is 423 g/mol. The topological polar surface area (TPSA) is 74.8 Å². The molecule has 1 aromatic heterocycles. The molecular weight excluding hydrogens is 404 g/mol. The van der Waals surface area contributed by atoms with Crippen molar-refractivity contribution in [3.63, 3.8) is 0 Å². The third kappa shape index (κ3) is 3.67. The molecule has 0 radical (unpaired) electrons. The van der Waals surface area contributed by atoms with E-state index in [1.165, 1.54) is 5.56 Å². The van der Waals surface area contributed by atoms with Gasteiger partial charge in [-0.25, -0.2) is 0 Å². The molecule has 0 N–H and O–H groups in total. The van der Waals surface area contributed by atoms with Crippen molar-refractivity contribution in [2.24, 2.45) is 0 Å². The van der Waals surface area contributed by atoms with E-state index in [4.69, 9.17) is 25.5 Å². The summed E-state index contributed by atoms with van der Waals surface area (Å²) < 4.78 is 16.8. The SMILES string of the molecule is N#Cc1nc(-c2ccc(Cl)cc2)oc1N1CCN(Cc2ccc3c(c2)OCO3)CC1. The lowest BCUT2D eigenvalue weighted by molar-refractivity contribution is 0.174. The number of halogens is 1. The monoisotopic (exact) mass is 422 g/mol. The van der Waals surface area contributed by atoms with E-state index in [0.717, 1.165) is 49.8 Å². The lowest BCUT2D eigenvalue weighted by Gasteiger charge is -2.34. The molecule has 0 amide bonds. The van der Waals surface area contributed by atoms with Crippen LogP contribution in [0.5, 0.6) is 11.5 Å². The molecule has 0 unspecified atom stereocenters. The molecule has 152 valence electrons. The van der Waals surface area contributed by atoms with Crippen molar-refractivity contribution in [2.75, 3.05) is 37.9 Å². The Morgan fingerprint density at radius 2 is 1.77 bits per heavy atom. The van der Waals surface area contributed by atoms with E-state index >= 15 is 0 Å². The van der Waals surface area contributed by atoms with E-state index in [0.29, 0.717) is 22.5 Å². The molecule has 2 aromatic carbocycles. The minimum absolute atomic E-state index is 0.286. The van der Waals surface area contributed by atoms with Crippen molar-refractivity contribution in [3.8, 4) is 29.0 Å². The van der Waals surface area contributed by atoms with Crippen molar-refractivity contribution in [1.82, 2.24) is 9.88 Å². The Labute approximate surface area is 179 Å². The molecule has 0 bridgehead atoms. The van der Waals surface area contributed by atoms with E-state index < -0.39 is 0 Å². The fraction of sp³-hybridized carbons (Fsp3) is 0.273. The van der Waals surface area contributed by atoms with E-state index in [1.807, 2.05) is 24.3 Å². The highest BCUT2D eigenvalue weighted by Gasteiger charge is 2.25. The van der Waals surface area contributed by atoms with Crippen LogP contribution in [0.4, 0.5) is 5.88 Å². The summed E-state index contributed by atoms with van der Waals surface area (Å²) in [5.41, 5.74) is 2.29. The number of nitrogens with zero attached hydrogens (tertiary/aromatic N) is 4. The molecule has 0 aliphatic carbocycles. The van der Waals surface area contributed by atoms with E-state index in [9.17, 15) is 5.26 Å². The van der Waals surface area contributed by atoms with Gasteiger partial charge in [0.25, 0.3) is 0 Å². The standard InChI is InChI=1S/C22H19ClN4O3/c23-17-4-2-16(3-5-17)21-25-18(12-24)22(30-21)27-9-7-26(8-10-27)13-15-1-6-19-20(11-15)29-14-28-19/h1-6,11H,7-10,13-14H2. The van der Waals surface area contributed by atoms with Crippen LogP contribution in [0.3, 0.4) is 0 Å². The molecule has 0 atom stereocenters. The summed E-state index contributed by atoms with van der Waals surface area (Å²) >= 11 is 5.95. The third-order valence-corrected chi connectivity index (χ3v) is 5.56. The molecule has 0 spiro atoms. The number of oxazole rings is 1. The van der Waals surface area contributed by atoms with Gasteiger partial charge in [0.1, 0.15) is 6.07 Å². The molecule has 1 saturated heterocycles. The molecule has 1 fully saturated rings. The second-order valence-electron chi connectivity index (χ2n) is 7.24. The molecular formula is C22H19ClN4O3. The van der Waals surface area contributed by atoms with Crippen molar-refractivity contribution in [2.45, 2.75) is 6.54 Å². The van der Waals surface area contributed by atoms with Crippen LogP contribution < -0.4 is 14.4 Å². The molecule has 2 aliphatic heterocycles. The zero-order valence-corrected chi connectivity index (χ0v) is 16.9. The average Bonchev–Trinajstić information content (AvgIpc) is 3.41. The maximum atomic E-state index is 9.52. The number of hydrogen-bond donors (Lipinski definition) is 0. The Hall–Kier alpha value is -3.21. The predicted molar refractivity (Wildman–Crippen MR) is 112 cm³/mol. The molecule has 3 heterocycles. The van der Waals surface area contributed by atoms with Crippen LogP contribution in [-0.4, -0.2) is 42.9 Å². The third-order valence-electron chi connectivity index (χ3n) is 5.31. The second kappa shape index (κ2) is 7.90. The summed E-state index contributed by atoms with van der Waals surface area (Å²) in [7, 11) is 0. The van der Waals surface area contributed by atoms with Gasteiger partial charge in [-0.1, -0.05) is 17.7 Å². The van der Waals surface area contributed by atoms with Gasteiger partial charge in [-0.2, -0.15) is 10.2 Å². The number of aromatic nitrogens is 1. The van der Waals surface area contributed by atoms with Crippen molar-refractivity contribution in [3.05, 3.63) is 58.7 Å². The molecule has 3 aromatic rings. The summed E-state index contributed by atoms with van der Waals surface area (Å²) in [5.74, 6) is 2.57. The molecule has 5 rings (SSSR count). The lowest BCUT2D eigenvalue weighted by Crippen LogP contribution is -2.46. The first-order valence-electron chi connectivity index (χ1n) is 9.72. The summed E-state index contributed by atoms with van der Waals surface area (Å²) in [6.45, 7) is 4.35. The van der Waals surface area contributed by atoms with Crippen LogP contribution in [0, 0.1) is 11.3 Å². The summed E-state index contributed by atoms with van der Waals surface area (Å²) in [6, 6.07) is 15.5. The lowest BCUT2D eigenvalue weighted by atomic mass is 10.1. The summed E-state index contributed by atoms with van der Waals surface area (Å²) in [6.07, 6.45) is 0. The van der Waals surface area contributed by atoms with Crippen LogP contribution in [0.1, 0.15) is 11.3 Å². The number of piperazine rings is 1. The Balaban J connectivity index is 1.26. The van der Waals surface area contributed by atoms with Gasteiger partial charge in [0.05, 0.1) is 0 Å². The van der Waals surface area contributed by atoms with E-state index in [2.05, 4.69) is 26.9 Å². The fourth-order valence-corrected chi connectivity index (χ4v) is 3.85. The fourth-order valence-electron chi connectivity index (χ4n) is 3.72. The van der Waals surface area contributed by atoms with Crippen LogP contribution in [0.15, 0.2) is 46.9 Å². The quantitative estimate of drug-likeness (QED) is 0.630. The van der Waals surface area contributed by atoms with Gasteiger partial charge in [-0.3, -0.25) is 4.90 Å². The zero-order valence-electron chi connectivity index (χ0n) is 16.2. The Kier molecular flexibility index (Phi) is 4.95. The first-order chi connectivity index (χ1) is 14.7. The maximum Gasteiger partial charge on any atom is 0.235 e. The first kappa shape index (κ1) is 18.8. The molecule has 2 aliphatic rings. The van der Waals surface area contributed by atoms with Gasteiger partial charge in [0, 0.05) is 43.3 Å². The van der Waals surface area contributed by atoms with Gasteiger partial charge >= 0.3 is 0 Å². The highest BCUT2D eigenvalue weighted by atomic mass is 35.5. The highest BCUT2D eigenvalue weighted by Crippen LogP contribution is 2.33. The largest absolute Gasteiger partial charge is 0.454 e. The van der Waals surface area contributed by atoms with Crippen molar-refractivity contribution in [1.29, 1.82) is 5.26 Å². The van der Waals surface area contributed by atoms with Crippen LogP contribution >= 0.6 is 11.6 Å². The van der Waals surface area contributed by atoms with Crippen molar-refractivity contribution < 1.29 is 13.9 Å². The van der Waals surface area contributed by atoms with Gasteiger partial charge < -0.3 is 18.8 Å². The van der Waals surface area contributed by atoms with Gasteiger partial charge in [0.15, 0.2) is 11.5 Å². The number of fused-ring (bicyclic) bond motifs is 1. The highest BCUT2D eigenvalue weighted by molar-refractivity contribution is 6.30. The maximum absolute atomic E-state index is 9.52. The van der Waals surface area contributed by atoms with Crippen LogP contribution in [-0.2, 0) is 6.54 Å². The zero-order chi connectivity index (χ0) is 20.5. The molecule has 8 heteroatoms. The van der Waals surface area contributed by atoms with E-state index in [1.54, 1.807) is 12.1 Å². The smallest absolute Gasteiger partial charge is 0.235 e. The Morgan fingerprint density at radius 1 is 1.00 bits per heavy atom. The van der Waals surface area contributed by atoms with Crippen molar-refractivity contribution >= 4 is 17.5 Å². The number of nitriles is 1. The number of anilines is 1. The Bertz CT molecular complexity index is 1100. The van der Waals surface area contributed by atoms with E-state index in [-0.39, 0.29) is 6.79 Å². The number of benzene rings is 2. The summed E-state index contributed by atoms with van der Waals surface area (Å²) in [5, 5.41) is 10.2. The van der Waals surface area contributed by atoms with Gasteiger partial charge in [-0.05, 0) is 42.0 Å². The first-order valence-corrected chi connectivity index (χ1v) is 10.1. The molecule has 7 nitrogen and oxygen atoms in total.